The van der Waals surface area contributed by atoms with Gasteiger partial charge in [-0.25, -0.2) is 12.4 Å². The summed E-state index contributed by atoms with van der Waals surface area (Å²) in [6.45, 7) is 3.00. The average Bonchev–Trinajstić information content (AvgIpc) is 3.19. The minimum Gasteiger partial charge on any atom is -0.352 e. The number of hydrogen-bond donors (Lipinski definition) is 0. The van der Waals surface area contributed by atoms with E-state index in [1.165, 1.54) is 18.5 Å². The largest absolute Gasteiger partial charge is 0.416 e. The summed E-state index contributed by atoms with van der Waals surface area (Å²) in [4.78, 5) is 2.02. The maximum absolute atomic E-state index is 13.5. The van der Waals surface area contributed by atoms with Gasteiger partial charge in [-0.1, -0.05) is 17.7 Å². The van der Waals surface area contributed by atoms with Gasteiger partial charge < -0.3 is 9.47 Å². The molecule has 31 heavy (non-hydrogen) atoms. The number of hydrogen-bond acceptors (Lipinski definition) is 3. The average molecular weight is 472 g/mol. The zero-order valence-corrected chi connectivity index (χ0v) is 18.7. The van der Waals surface area contributed by atoms with E-state index in [-0.39, 0.29) is 20.8 Å². The monoisotopic (exact) mass is 471 g/mol. The minimum atomic E-state index is -4.53. The topological polar surface area (TPSA) is 47.2 Å². The summed E-state index contributed by atoms with van der Waals surface area (Å²) in [7, 11) is -0.512. The van der Waals surface area contributed by atoms with E-state index in [4.69, 9.17) is 11.6 Å². The fourth-order valence-electron chi connectivity index (χ4n) is 3.91. The van der Waals surface area contributed by atoms with E-state index >= 15 is 0 Å². The second-order valence-corrected chi connectivity index (χ2v) is 9.98. The van der Waals surface area contributed by atoms with Gasteiger partial charge in [0.2, 0.25) is 0 Å². The fraction of sp³-hybridized carbons (Fsp3) is 0.333. The van der Waals surface area contributed by atoms with Crippen LogP contribution in [0.5, 0.6) is 0 Å². The van der Waals surface area contributed by atoms with Crippen molar-refractivity contribution in [3.05, 3.63) is 58.5 Å². The standard InChI is InChI=1S/C21H21ClF3N3O2S/c1-13-20(18(22)12-27(13)3)31(29,30)28-11-17(14-6-8-26(2)9-7-14)16-10-15(21(23,24)25)4-5-19(16)28/h4-6,10-12H,7-9H2,1-3H3. The van der Waals surface area contributed by atoms with Crippen LogP contribution in [0, 0.1) is 6.92 Å². The summed E-state index contributed by atoms with van der Waals surface area (Å²) in [6.07, 6.45) is 0.915. The molecular formula is C21H21ClF3N3O2S. The lowest BCUT2D eigenvalue weighted by atomic mass is 9.98. The predicted molar refractivity (Wildman–Crippen MR) is 115 cm³/mol. The molecule has 1 aromatic carbocycles. The Morgan fingerprint density at radius 1 is 1.13 bits per heavy atom. The molecule has 166 valence electrons. The molecule has 0 saturated heterocycles. The van der Waals surface area contributed by atoms with Crippen LogP contribution in [0.25, 0.3) is 16.5 Å². The summed E-state index contributed by atoms with van der Waals surface area (Å²) in [5, 5.41) is 0.313. The van der Waals surface area contributed by atoms with Gasteiger partial charge in [-0.05, 0) is 44.2 Å². The van der Waals surface area contributed by atoms with Crippen LogP contribution in [-0.2, 0) is 23.2 Å². The Morgan fingerprint density at radius 2 is 1.84 bits per heavy atom. The Kier molecular flexibility index (Phi) is 5.27. The van der Waals surface area contributed by atoms with Crippen molar-refractivity contribution in [1.29, 1.82) is 0 Å². The minimum absolute atomic E-state index is 0.0580. The molecule has 4 rings (SSSR count). The van der Waals surface area contributed by atoms with Crippen LogP contribution in [0.15, 0.2) is 41.6 Å². The van der Waals surface area contributed by atoms with E-state index < -0.39 is 21.8 Å². The summed E-state index contributed by atoms with van der Waals surface area (Å²) in [6, 6.07) is 3.14. The normalized spacial score (nSPS) is 16.2. The fourth-order valence-corrected chi connectivity index (χ4v) is 6.16. The highest BCUT2D eigenvalue weighted by Gasteiger charge is 2.33. The zero-order valence-electron chi connectivity index (χ0n) is 17.2. The van der Waals surface area contributed by atoms with Crippen molar-refractivity contribution in [2.45, 2.75) is 24.4 Å². The number of alkyl halides is 3. The highest BCUT2D eigenvalue weighted by atomic mass is 35.5. The number of aromatic nitrogens is 2. The molecule has 0 atom stereocenters. The van der Waals surface area contributed by atoms with Crippen molar-refractivity contribution in [1.82, 2.24) is 13.4 Å². The molecule has 0 aliphatic carbocycles. The number of aryl methyl sites for hydroxylation is 1. The molecule has 0 fully saturated rings. The van der Waals surface area contributed by atoms with E-state index in [1.54, 1.807) is 18.5 Å². The Hall–Kier alpha value is -2.23. The maximum Gasteiger partial charge on any atom is 0.416 e. The summed E-state index contributed by atoms with van der Waals surface area (Å²) in [5.74, 6) is 0. The van der Waals surface area contributed by atoms with Crippen molar-refractivity contribution in [2.24, 2.45) is 7.05 Å². The SMILES string of the molecule is Cc1c(S(=O)(=O)n2cc(C3=CCN(C)CC3)c3cc(C(F)(F)F)ccc32)c(Cl)cn1C. The maximum atomic E-state index is 13.5. The van der Waals surface area contributed by atoms with Gasteiger partial charge in [0.1, 0.15) is 4.90 Å². The first-order valence-electron chi connectivity index (χ1n) is 9.58. The van der Waals surface area contributed by atoms with Gasteiger partial charge in [0.05, 0.1) is 16.1 Å². The van der Waals surface area contributed by atoms with Crippen molar-refractivity contribution in [3.8, 4) is 0 Å². The third-order valence-electron chi connectivity index (χ3n) is 5.75. The van der Waals surface area contributed by atoms with Crippen LogP contribution in [0.1, 0.15) is 23.2 Å². The van der Waals surface area contributed by atoms with Crippen LogP contribution in [0.3, 0.4) is 0 Å². The molecule has 0 bridgehead atoms. The number of fused-ring (bicyclic) bond motifs is 1. The molecule has 1 aliphatic heterocycles. The number of halogens is 4. The van der Waals surface area contributed by atoms with Crippen LogP contribution in [0.2, 0.25) is 5.02 Å². The van der Waals surface area contributed by atoms with Gasteiger partial charge in [0.15, 0.2) is 0 Å². The smallest absolute Gasteiger partial charge is 0.352 e. The summed E-state index contributed by atoms with van der Waals surface area (Å²) >= 11 is 6.21. The first-order chi connectivity index (χ1) is 14.4. The van der Waals surface area contributed by atoms with Crippen LogP contribution in [-0.4, -0.2) is 42.0 Å². The molecule has 0 unspecified atom stereocenters. The molecule has 0 amide bonds. The molecule has 3 aromatic rings. The first kappa shape index (κ1) is 22.0. The lowest BCUT2D eigenvalue weighted by molar-refractivity contribution is -0.137. The molecule has 0 saturated carbocycles. The number of nitrogens with zero attached hydrogens (tertiary/aromatic N) is 3. The molecule has 2 aromatic heterocycles. The molecule has 0 spiro atoms. The number of likely N-dealkylation sites (N-methyl/N-ethyl adjacent to an activating group) is 1. The molecule has 0 radical (unpaired) electrons. The Bertz CT molecular complexity index is 1320. The molecule has 3 heterocycles. The zero-order chi connectivity index (χ0) is 22.7. The molecule has 10 heteroatoms. The third kappa shape index (κ3) is 3.68. The van der Waals surface area contributed by atoms with Crippen molar-refractivity contribution in [3.63, 3.8) is 0 Å². The van der Waals surface area contributed by atoms with Crippen LogP contribution in [0.4, 0.5) is 13.2 Å². The predicted octanol–water partition coefficient (Wildman–Crippen LogP) is 4.92. The quantitative estimate of drug-likeness (QED) is 0.545. The van der Waals surface area contributed by atoms with E-state index in [1.807, 2.05) is 13.1 Å². The first-order valence-corrected chi connectivity index (χ1v) is 11.4. The van der Waals surface area contributed by atoms with Crippen molar-refractivity contribution in [2.75, 3.05) is 20.1 Å². The summed E-state index contributed by atoms with van der Waals surface area (Å²) in [5.41, 5.74) is 1.12. The second kappa shape index (κ2) is 7.43. The molecular weight excluding hydrogens is 451 g/mol. The lowest BCUT2D eigenvalue weighted by Gasteiger charge is -2.21. The van der Waals surface area contributed by atoms with Gasteiger partial charge in [-0.3, -0.25) is 0 Å². The number of benzene rings is 1. The van der Waals surface area contributed by atoms with Crippen LogP contribution >= 0.6 is 11.6 Å². The van der Waals surface area contributed by atoms with Gasteiger partial charge in [-0.15, -0.1) is 0 Å². The van der Waals surface area contributed by atoms with E-state index in [9.17, 15) is 21.6 Å². The van der Waals surface area contributed by atoms with Gasteiger partial charge in [0.25, 0.3) is 10.0 Å². The van der Waals surface area contributed by atoms with Gasteiger partial charge >= 0.3 is 6.18 Å². The highest BCUT2D eigenvalue weighted by molar-refractivity contribution is 7.90. The van der Waals surface area contributed by atoms with E-state index in [0.29, 0.717) is 24.2 Å². The summed E-state index contributed by atoms with van der Waals surface area (Å²) < 4.78 is 69.9. The Morgan fingerprint density at radius 3 is 2.39 bits per heavy atom. The number of rotatable bonds is 3. The molecule has 1 aliphatic rings. The van der Waals surface area contributed by atoms with Crippen molar-refractivity contribution < 1.29 is 21.6 Å². The van der Waals surface area contributed by atoms with Gasteiger partial charge in [0, 0.05) is 49.2 Å². The Labute approximate surface area is 183 Å². The Balaban J connectivity index is 2.01. The molecule has 5 nitrogen and oxygen atoms in total. The molecule has 0 N–H and O–H groups in total. The third-order valence-corrected chi connectivity index (χ3v) is 8.00. The van der Waals surface area contributed by atoms with Crippen molar-refractivity contribution >= 4 is 38.1 Å². The second-order valence-electron chi connectivity index (χ2n) is 7.82. The van der Waals surface area contributed by atoms with E-state index in [2.05, 4.69) is 4.90 Å². The van der Waals surface area contributed by atoms with Crippen LogP contribution < -0.4 is 0 Å². The van der Waals surface area contributed by atoms with Gasteiger partial charge in [-0.2, -0.15) is 13.2 Å². The lowest BCUT2D eigenvalue weighted by Crippen LogP contribution is -2.23. The van der Waals surface area contributed by atoms with E-state index in [0.717, 1.165) is 28.2 Å². The highest BCUT2D eigenvalue weighted by Crippen LogP contribution is 2.38.